The molecule has 1 heterocycles. The fourth-order valence-electron chi connectivity index (χ4n) is 3.97. The lowest BCUT2D eigenvalue weighted by molar-refractivity contribution is -0.137. The van der Waals surface area contributed by atoms with Crippen LogP contribution in [0.25, 0.3) is 11.1 Å². The molecule has 0 radical (unpaired) electrons. The van der Waals surface area contributed by atoms with Crippen LogP contribution < -0.4 is 11.2 Å². The normalized spacial score (nSPS) is 12.9. The van der Waals surface area contributed by atoms with Crippen LogP contribution in [-0.2, 0) is 6.18 Å². The van der Waals surface area contributed by atoms with Gasteiger partial charge in [-0.1, -0.05) is 25.5 Å². The number of amidine groups is 1. The van der Waals surface area contributed by atoms with Crippen molar-refractivity contribution in [1.82, 2.24) is 5.32 Å². The van der Waals surface area contributed by atoms with E-state index in [4.69, 9.17) is 11.4 Å². The van der Waals surface area contributed by atoms with Gasteiger partial charge in [0.15, 0.2) is 5.84 Å². The Morgan fingerprint density at radius 1 is 1.14 bits per heavy atom. The molecule has 0 spiro atoms. The summed E-state index contributed by atoms with van der Waals surface area (Å²) >= 11 is 3.12. The van der Waals surface area contributed by atoms with Crippen LogP contribution in [0, 0.1) is 19.4 Å². The molecule has 1 aromatic heterocycles. The Morgan fingerprint density at radius 3 is 2.32 bits per heavy atom. The number of carbonyl (C=O) groups excluding carboxylic acids is 1. The first-order chi connectivity index (χ1) is 17.6. The van der Waals surface area contributed by atoms with E-state index in [0.717, 1.165) is 57.0 Å². The number of benzene rings is 2. The van der Waals surface area contributed by atoms with Crippen LogP contribution in [0.15, 0.2) is 63.6 Å². The molecule has 1 atom stereocenters. The molecule has 1 unspecified atom stereocenters. The molecule has 0 saturated heterocycles. The molecule has 3 aromatic rings. The maximum absolute atomic E-state index is 13.0. The van der Waals surface area contributed by atoms with Crippen molar-refractivity contribution in [2.45, 2.75) is 49.9 Å². The van der Waals surface area contributed by atoms with Gasteiger partial charge in [0.25, 0.3) is 5.91 Å². The van der Waals surface area contributed by atoms with E-state index in [-0.39, 0.29) is 23.5 Å². The highest BCUT2D eigenvalue weighted by atomic mass is 32.2. The number of nitrogens with zero attached hydrogens (tertiary/aromatic N) is 2. The topological polar surface area (TPSA) is 104 Å². The minimum absolute atomic E-state index is 0.0232. The molecule has 196 valence electrons. The van der Waals surface area contributed by atoms with Crippen molar-refractivity contribution in [2.24, 2.45) is 16.1 Å². The summed E-state index contributed by atoms with van der Waals surface area (Å²) in [5, 5.41) is 9.27. The molecule has 6 nitrogen and oxygen atoms in total. The highest BCUT2D eigenvalue weighted by Crippen LogP contribution is 2.43. The molecule has 3 rings (SSSR count). The van der Waals surface area contributed by atoms with Crippen LogP contribution >= 0.6 is 23.1 Å². The zero-order valence-electron chi connectivity index (χ0n) is 20.6. The van der Waals surface area contributed by atoms with Gasteiger partial charge in [-0.15, -0.1) is 28.2 Å². The van der Waals surface area contributed by atoms with Gasteiger partial charge < -0.3 is 11.2 Å². The molecule has 0 bridgehead atoms. The van der Waals surface area contributed by atoms with Crippen LogP contribution in [-0.4, -0.2) is 18.3 Å². The van der Waals surface area contributed by atoms with E-state index in [9.17, 15) is 18.0 Å². The molecule has 0 aliphatic heterocycles. The SMILES string of the molecule is CCCC(Sc1cc(C)c(-c2ccc(C(F)(F)F)cc2)c(C)c1)c1ccc(C(=O)NC/C(N=N)=N/N)s1. The zero-order chi connectivity index (χ0) is 27.2. The fourth-order valence-corrected chi connectivity index (χ4v) is 6.56. The third-order valence-corrected chi connectivity index (χ3v) is 8.32. The summed E-state index contributed by atoms with van der Waals surface area (Å²) in [6, 6.07) is 13.1. The number of carbonyl (C=O) groups is 1. The van der Waals surface area contributed by atoms with Crippen molar-refractivity contribution < 1.29 is 18.0 Å². The summed E-state index contributed by atoms with van der Waals surface area (Å²) in [7, 11) is 0. The Labute approximate surface area is 222 Å². The number of hydrogen-bond donors (Lipinski definition) is 3. The molecule has 37 heavy (non-hydrogen) atoms. The highest BCUT2D eigenvalue weighted by molar-refractivity contribution is 7.99. The molecule has 0 fully saturated rings. The second-order valence-corrected chi connectivity index (χ2v) is 10.8. The molecule has 4 N–H and O–H groups in total. The quantitative estimate of drug-likeness (QED) is 0.0638. The van der Waals surface area contributed by atoms with E-state index < -0.39 is 11.7 Å². The van der Waals surface area contributed by atoms with Crippen molar-refractivity contribution >= 4 is 34.8 Å². The van der Waals surface area contributed by atoms with E-state index in [1.807, 2.05) is 19.9 Å². The van der Waals surface area contributed by atoms with Crippen LogP contribution in [0.1, 0.15) is 56.3 Å². The number of hydrazone groups is 1. The number of hydrogen-bond acceptors (Lipinski definition) is 6. The van der Waals surface area contributed by atoms with Gasteiger partial charge in [-0.3, -0.25) is 4.79 Å². The lowest BCUT2D eigenvalue weighted by Gasteiger charge is -2.18. The second-order valence-electron chi connectivity index (χ2n) is 8.44. The number of halogens is 3. The fraction of sp³-hybridized carbons (Fsp3) is 0.308. The van der Waals surface area contributed by atoms with Gasteiger partial charge in [0, 0.05) is 15.0 Å². The average molecular weight is 548 g/mol. The van der Waals surface area contributed by atoms with Gasteiger partial charge in [-0.05, 0) is 78.9 Å². The first kappa shape index (κ1) is 28.4. The summed E-state index contributed by atoms with van der Waals surface area (Å²) in [5.41, 5.74) is 9.96. The maximum Gasteiger partial charge on any atom is 0.416 e. The van der Waals surface area contributed by atoms with Crippen molar-refractivity contribution in [3.05, 3.63) is 75.0 Å². The standard InChI is InChI=1S/C26H28F3N5OS2/c1-4-5-20(21-10-11-22(37-21)25(35)32-14-23(33-30)34-31)36-19-12-15(2)24(16(3)13-19)17-6-8-18(9-7-17)26(27,28)29/h6-13,20,30H,4-5,14,31H2,1-3H3,(H,32,35)/b33-30?,34-23-. The minimum atomic E-state index is -4.36. The molecule has 0 saturated carbocycles. The van der Waals surface area contributed by atoms with Crippen molar-refractivity contribution in [1.29, 1.82) is 5.53 Å². The monoisotopic (exact) mass is 547 g/mol. The Bertz CT molecular complexity index is 1260. The predicted octanol–water partition coefficient (Wildman–Crippen LogP) is 7.72. The van der Waals surface area contributed by atoms with Crippen LogP contribution in [0.5, 0.6) is 0 Å². The first-order valence-corrected chi connectivity index (χ1v) is 13.2. The lowest BCUT2D eigenvalue weighted by atomic mass is 9.95. The Balaban J connectivity index is 1.79. The molecule has 0 aliphatic carbocycles. The van der Waals surface area contributed by atoms with Crippen molar-refractivity contribution in [3.8, 4) is 11.1 Å². The molecule has 1 amide bonds. The number of nitrogens with one attached hydrogen (secondary N) is 2. The van der Waals surface area contributed by atoms with E-state index in [1.54, 1.807) is 17.8 Å². The summed E-state index contributed by atoms with van der Waals surface area (Å²) in [6.07, 6.45) is -2.49. The summed E-state index contributed by atoms with van der Waals surface area (Å²) in [4.78, 5) is 15.2. The van der Waals surface area contributed by atoms with E-state index in [0.29, 0.717) is 4.88 Å². The largest absolute Gasteiger partial charge is 0.416 e. The van der Waals surface area contributed by atoms with Crippen LogP contribution in [0.4, 0.5) is 13.2 Å². The molecule has 11 heteroatoms. The second kappa shape index (κ2) is 12.4. The van der Waals surface area contributed by atoms with E-state index >= 15 is 0 Å². The molecular formula is C26H28F3N5OS2. The highest BCUT2D eigenvalue weighted by Gasteiger charge is 2.30. The lowest BCUT2D eigenvalue weighted by Crippen LogP contribution is -2.28. The number of aryl methyl sites for hydroxylation is 2. The molecular weight excluding hydrogens is 519 g/mol. The van der Waals surface area contributed by atoms with Gasteiger partial charge in [0.2, 0.25) is 0 Å². The zero-order valence-corrected chi connectivity index (χ0v) is 22.3. The minimum Gasteiger partial charge on any atom is -0.344 e. The van der Waals surface area contributed by atoms with Gasteiger partial charge in [0.05, 0.1) is 17.0 Å². The first-order valence-electron chi connectivity index (χ1n) is 11.5. The number of rotatable bonds is 9. The molecule has 0 aliphatic rings. The van der Waals surface area contributed by atoms with E-state index in [2.05, 4.69) is 34.6 Å². The van der Waals surface area contributed by atoms with Gasteiger partial charge in [-0.25, -0.2) is 5.53 Å². The van der Waals surface area contributed by atoms with E-state index in [1.165, 1.54) is 23.5 Å². The third-order valence-electron chi connectivity index (χ3n) is 5.69. The third kappa shape index (κ3) is 7.20. The average Bonchev–Trinajstić information content (AvgIpc) is 3.34. The number of thiophene rings is 1. The van der Waals surface area contributed by atoms with Crippen molar-refractivity contribution in [2.75, 3.05) is 6.54 Å². The molecule has 2 aromatic carbocycles. The number of thioether (sulfide) groups is 1. The summed E-state index contributed by atoms with van der Waals surface area (Å²) in [5.74, 6) is 4.87. The number of nitrogens with two attached hydrogens (primary N) is 1. The summed E-state index contributed by atoms with van der Waals surface area (Å²) in [6.45, 7) is 6.02. The van der Waals surface area contributed by atoms with Crippen LogP contribution in [0.2, 0.25) is 0 Å². The van der Waals surface area contributed by atoms with Crippen molar-refractivity contribution in [3.63, 3.8) is 0 Å². The summed E-state index contributed by atoms with van der Waals surface area (Å²) < 4.78 is 38.9. The Kier molecular flexibility index (Phi) is 9.50. The van der Waals surface area contributed by atoms with Crippen LogP contribution in [0.3, 0.4) is 0 Å². The predicted molar refractivity (Wildman–Crippen MR) is 143 cm³/mol. The van der Waals surface area contributed by atoms with Gasteiger partial charge >= 0.3 is 6.18 Å². The van der Waals surface area contributed by atoms with Gasteiger partial charge in [0.1, 0.15) is 0 Å². The Hall–Kier alpha value is -3.18. The Morgan fingerprint density at radius 2 is 1.78 bits per heavy atom. The smallest absolute Gasteiger partial charge is 0.344 e. The number of alkyl halides is 3. The maximum atomic E-state index is 13.0. The van der Waals surface area contributed by atoms with Gasteiger partial charge in [-0.2, -0.15) is 18.3 Å². The number of amides is 1.